The van der Waals surface area contributed by atoms with Gasteiger partial charge in [-0.1, -0.05) is 90.0 Å². The molecule has 30 heavy (non-hydrogen) atoms. The van der Waals surface area contributed by atoms with Gasteiger partial charge < -0.3 is 5.11 Å². The van der Waals surface area contributed by atoms with Crippen LogP contribution < -0.4 is 0 Å². The van der Waals surface area contributed by atoms with Crippen molar-refractivity contribution in [1.82, 2.24) is 0 Å². The summed E-state index contributed by atoms with van der Waals surface area (Å²) in [4.78, 5) is 0. The summed E-state index contributed by atoms with van der Waals surface area (Å²) < 4.78 is 27.8. The summed E-state index contributed by atoms with van der Waals surface area (Å²) in [7, 11) is 0. The maximum absolute atomic E-state index is 14.1. The summed E-state index contributed by atoms with van der Waals surface area (Å²) in [6.45, 7) is 2.29. The molecule has 0 amide bonds. The Balaban J connectivity index is 1.28. The quantitative estimate of drug-likeness (QED) is 0.375. The summed E-state index contributed by atoms with van der Waals surface area (Å²) in [5.41, 5.74) is 0.453. The van der Waals surface area contributed by atoms with Crippen LogP contribution in [-0.2, 0) is 0 Å². The van der Waals surface area contributed by atoms with Crippen LogP contribution in [0.5, 0.6) is 5.75 Å². The van der Waals surface area contributed by atoms with E-state index in [1.807, 2.05) is 0 Å². The van der Waals surface area contributed by atoms with Gasteiger partial charge in [-0.25, -0.2) is 4.39 Å². The van der Waals surface area contributed by atoms with Crippen molar-refractivity contribution in [2.45, 2.75) is 116 Å². The second-order valence-electron chi connectivity index (χ2n) is 10.2. The monoisotopic (exact) mass is 420 g/mol. The van der Waals surface area contributed by atoms with E-state index in [0.29, 0.717) is 5.56 Å². The minimum Gasteiger partial charge on any atom is -0.505 e. The smallest absolute Gasteiger partial charge is 0.200 e. The van der Waals surface area contributed by atoms with Crippen LogP contribution in [0.2, 0.25) is 0 Å². The molecule has 0 bridgehead atoms. The minimum atomic E-state index is -1.09. The molecule has 0 radical (unpaired) electrons. The van der Waals surface area contributed by atoms with Gasteiger partial charge in [-0.2, -0.15) is 4.39 Å². The number of aromatic hydroxyl groups is 1. The molecule has 2 aliphatic carbocycles. The van der Waals surface area contributed by atoms with E-state index in [1.54, 1.807) is 6.07 Å². The van der Waals surface area contributed by atoms with E-state index in [2.05, 4.69) is 6.92 Å². The largest absolute Gasteiger partial charge is 0.505 e. The second-order valence-corrected chi connectivity index (χ2v) is 10.2. The lowest BCUT2D eigenvalue weighted by Gasteiger charge is -2.30. The predicted octanol–water partition coefficient (Wildman–Crippen LogP) is 8.89. The summed E-state index contributed by atoms with van der Waals surface area (Å²) in [6, 6.07) is 2.86. The molecule has 0 aliphatic heterocycles. The predicted molar refractivity (Wildman–Crippen MR) is 121 cm³/mol. The lowest BCUT2D eigenvalue weighted by atomic mass is 9.76. The van der Waals surface area contributed by atoms with Crippen LogP contribution in [0.3, 0.4) is 0 Å². The molecule has 0 saturated heterocycles. The van der Waals surface area contributed by atoms with E-state index in [-0.39, 0.29) is 5.92 Å². The molecule has 1 aromatic carbocycles. The van der Waals surface area contributed by atoms with Crippen LogP contribution in [0.1, 0.15) is 121 Å². The zero-order valence-corrected chi connectivity index (χ0v) is 19.0. The molecule has 0 atom stereocenters. The number of phenolic OH excluding ortho intramolecular Hbond substituents is 1. The van der Waals surface area contributed by atoms with Crippen LogP contribution in [0.25, 0.3) is 0 Å². The fourth-order valence-electron chi connectivity index (χ4n) is 5.99. The maximum Gasteiger partial charge on any atom is 0.200 e. The first kappa shape index (κ1) is 23.5. The Morgan fingerprint density at radius 2 is 1.17 bits per heavy atom. The Kier molecular flexibility index (Phi) is 9.46. The molecule has 2 fully saturated rings. The van der Waals surface area contributed by atoms with Crippen LogP contribution in [-0.4, -0.2) is 5.11 Å². The topological polar surface area (TPSA) is 20.2 Å². The van der Waals surface area contributed by atoms with Crippen molar-refractivity contribution in [1.29, 1.82) is 0 Å². The fourth-order valence-corrected chi connectivity index (χ4v) is 5.99. The van der Waals surface area contributed by atoms with Gasteiger partial charge in [0.25, 0.3) is 0 Å². The minimum absolute atomic E-state index is 0.101. The van der Waals surface area contributed by atoms with E-state index >= 15 is 0 Å². The van der Waals surface area contributed by atoms with Crippen LogP contribution >= 0.6 is 0 Å². The molecule has 1 aromatic rings. The average molecular weight is 421 g/mol. The Bertz CT molecular complexity index is 628. The van der Waals surface area contributed by atoms with E-state index in [4.69, 9.17) is 0 Å². The third-order valence-corrected chi connectivity index (χ3v) is 8.04. The van der Waals surface area contributed by atoms with Gasteiger partial charge in [-0.05, 0) is 61.0 Å². The molecular formula is C27H42F2O. The normalized spacial score (nSPS) is 27.3. The first-order valence-corrected chi connectivity index (χ1v) is 12.7. The van der Waals surface area contributed by atoms with E-state index in [0.717, 1.165) is 43.4 Å². The molecule has 0 aromatic heterocycles. The number of hydrogen-bond donors (Lipinski definition) is 1. The van der Waals surface area contributed by atoms with Gasteiger partial charge in [0.2, 0.25) is 5.82 Å². The number of hydrogen-bond acceptors (Lipinski definition) is 1. The SMILES string of the molecule is CCCCC[C@H]1CC[C@H](CCCCC2CCC(c3ccc(O)c(F)c3F)CC2)CC1. The van der Waals surface area contributed by atoms with Crippen LogP contribution in [0.15, 0.2) is 12.1 Å². The van der Waals surface area contributed by atoms with Gasteiger partial charge in [0.1, 0.15) is 0 Å². The number of unbranched alkanes of at least 4 members (excludes halogenated alkanes) is 3. The van der Waals surface area contributed by atoms with E-state index in [1.165, 1.54) is 83.1 Å². The zero-order chi connectivity index (χ0) is 21.3. The van der Waals surface area contributed by atoms with Crippen LogP contribution in [0.4, 0.5) is 8.78 Å². The Morgan fingerprint density at radius 3 is 1.67 bits per heavy atom. The lowest BCUT2D eigenvalue weighted by molar-refractivity contribution is 0.240. The van der Waals surface area contributed by atoms with Crippen molar-refractivity contribution in [2.24, 2.45) is 17.8 Å². The summed E-state index contributed by atoms with van der Waals surface area (Å²) in [5.74, 6) is 0.299. The van der Waals surface area contributed by atoms with Crippen molar-refractivity contribution in [2.75, 3.05) is 0 Å². The third kappa shape index (κ3) is 6.69. The van der Waals surface area contributed by atoms with Gasteiger partial charge in [0.15, 0.2) is 11.6 Å². The Morgan fingerprint density at radius 1 is 0.700 bits per heavy atom. The molecule has 3 rings (SSSR count). The highest BCUT2D eigenvalue weighted by Gasteiger charge is 2.26. The molecule has 3 heteroatoms. The van der Waals surface area contributed by atoms with Gasteiger partial charge in [0.05, 0.1) is 0 Å². The highest BCUT2D eigenvalue weighted by molar-refractivity contribution is 5.32. The van der Waals surface area contributed by atoms with Gasteiger partial charge >= 0.3 is 0 Å². The van der Waals surface area contributed by atoms with Gasteiger partial charge in [0, 0.05) is 0 Å². The lowest BCUT2D eigenvalue weighted by Crippen LogP contribution is -2.16. The number of phenols is 1. The Hall–Kier alpha value is -1.12. The molecule has 2 aliphatic rings. The van der Waals surface area contributed by atoms with Gasteiger partial charge in [-0.15, -0.1) is 0 Å². The number of halogens is 2. The van der Waals surface area contributed by atoms with Crippen molar-refractivity contribution < 1.29 is 13.9 Å². The van der Waals surface area contributed by atoms with Crippen molar-refractivity contribution in [3.8, 4) is 5.75 Å². The molecule has 2 saturated carbocycles. The fraction of sp³-hybridized carbons (Fsp3) is 0.778. The number of rotatable bonds is 10. The summed E-state index contributed by atoms with van der Waals surface area (Å²) in [6.07, 6.45) is 21.0. The van der Waals surface area contributed by atoms with E-state index in [9.17, 15) is 13.9 Å². The standard InChI is InChI=1S/C27H42F2O/c1-2-3-4-7-20-10-12-21(13-11-20)8-5-6-9-22-14-16-23(17-15-22)24-18-19-25(30)27(29)26(24)28/h18-23,30H,2-17H2,1H3/t20-,21-,22?,23?. The zero-order valence-electron chi connectivity index (χ0n) is 19.0. The highest BCUT2D eigenvalue weighted by Crippen LogP contribution is 2.40. The maximum atomic E-state index is 14.1. The molecule has 0 unspecified atom stereocenters. The first-order chi connectivity index (χ1) is 14.6. The summed E-state index contributed by atoms with van der Waals surface area (Å²) >= 11 is 0. The summed E-state index contributed by atoms with van der Waals surface area (Å²) in [5, 5.41) is 9.32. The number of benzene rings is 1. The van der Waals surface area contributed by atoms with E-state index < -0.39 is 17.4 Å². The molecule has 1 N–H and O–H groups in total. The second kappa shape index (κ2) is 12.1. The highest BCUT2D eigenvalue weighted by atomic mass is 19.2. The molecule has 1 nitrogen and oxygen atoms in total. The van der Waals surface area contributed by atoms with Crippen molar-refractivity contribution in [3.63, 3.8) is 0 Å². The van der Waals surface area contributed by atoms with Crippen molar-refractivity contribution >= 4 is 0 Å². The first-order valence-electron chi connectivity index (χ1n) is 12.7. The molecule has 170 valence electrons. The molecular weight excluding hydrogens is 378 g/mol. The third-order valence-electron chi connectivity index (χ3n) is 8.04. The molecule has 0 spiro atoms. The molecule has 0 heterocycles. The Labute approximate surface area is 182 Å². The average Bonchev–Trinajstić information content (AvgIpc) is 2.77. The van der Waals surface area contributed by atoms with Crippen molar-refractivity contribution in [3.05, 3.63) is 29.3 Å². The van der Waals surface area contributed by atoms with Crippen LogP contribution in [0, 0.1) is 29.4 Å². The van der Waals surface area contributed by atoms with Gasteiger partial charge in [-0.3, -0.25) is 0 Å².